The van der Waals surface area contributed by atoms with E-state index in [1.54, 1.807) is 30.3 Å². The molecule has 0 saturated carbocycles. The van der Waals surface area contributed by atoms with Gasteiger partial charge in [0.05, 0.1) is 11.5 Å². The van der Waals surface area contributed by atoms with Gasteiger partial charge in [0.1, 0.15) is 0 Å². The predicted octanol–water partition coefficient (Wildman–Crippen LogP) is 3.53. The van der Waals surface area contributed by atoms with Crippen LogP contribution < -0.4 is 10.0 Å². The monoisotopic (exact) mass is 376 g/mol. The Hall–Kier alpha value is -2.38. The zero-order valence-corrected chi connectivity index (χ0v) is 16.0. The Kier molecular flexibility index (Phi) is 6.76. The maximum atomic E-state index is 12.1. The van der Waals surface area contributed by atoms with E-state index in [0.29, 0.717) is 12.1 Å². The fraction of sp³-hybridized carbons (Fsp3) is 0.316. The normalized spacial score (nSPS) is 11.2. The number of aryl methyl sites for hydroxylation is 2. The van der Waals surface area contributed by atoms with Gasteiger partial charge < -0.3 is 4.74 Å². The molecule has 7 heteroatoms. The van der Waals surface area contributed by atoms with Crippen molar-refractivity contribution >= 4 is 21.8 Å². The minimum Gasteiger partial charge on any atom is -0.449 e. The van der Waals surface area contributed by atoms with Crippen molar-refractivity contribution in [1.82, 2.24) is 4.72 Å². The van der Waals surface area contributed by atoms with E-state index in [2.05, 4.69) is 10.0 Å². The van der Waals surface area contributed by atoms with Crippen molar-refractivity contribution in [2.75, 3.05) is 18.5 Å². The SMILES string of the molecule is Cc1ccc(S(=O)(=O)NCCCOC(=O)Nc2cccc(C)c2C)cc1. The molecule has 0 aliphatic rings. The molecular formula is C19H24N2O4S. The molecule has 140 valence electrons. The molecule has 0 atom stereocenters. The first-order chi connectivity index (χ1) is 12.3. The first-order valence-corrected chi connectivity index (χ1v) is 9.84. The topological polar surface area (TPSA) is 84.5 Å². The second kappa shape index (κ2) is 8.82. The summed E-state index contributed by atoms with van der Waals surface area (Å²) in [7, 11) is -3.54. The molecule has 6 nitrogen and oxygen atoms in total. The van der Waals surface area contributed by atoms with Crippen LogP contribution in [0.25, 0.3) is 0 Å². The lowest BCUT2D eigenvalue weighted by Crippen LogP contribution is -2.26. The van der Waals surface area contributed by atoms with Gasteiger partial charge in [-0.3, -0.25) is 5.32 Å². The summed E-state index contributed by atoms with van der Waals surface area (Å²) >= 11 is 0. The summed E-state index contributed by atoms with van der Waals surface area (Å²) in [5.41, 5.74) is 3.76. The number of rotatable bonds is 7. The van der Waals surface area contributed by atoms with Gasteiger partial charge in [0, 0.05) is 12.2 Å². The third kappa shape index (κ3) is 5.57. The van der Waals surface area contributed by atoms with Crippen LogP contribution >= 0.6 is 0 Å². The van der Waals surface area contributed by atoms with Gasteiger partial charge in [0.2, 0.25) is 10.0 Å². The van der Waals surface area contributed by atoms with E-state index in [9.17, 15) is 13.2 Å². The lowest BCUT2D eigenvalue weighted by atomic mass is 10.1. The van der Waals surface area contributed by atoms with Gasteiger partial charge in [-0.25, -0.2) is 17.9 Å². The number of sulfonamides is 1. The summed E-state index contributed by atoms with van der Waals surface area (Å²) in [6.07, 6.45) is -0.175. The average molecular weight is 376 g/mol. The molecule has 1 amide bonds. The Labute approximate surface area is 154 Å². The van der Waals surface area contributed by atoms with Gasteiger partial charge >= 0.3 is 6.09 Å². The van der Waals surface area contributed by atoms with Crippen molar-refractivity contribution in [3.05, 3.63) is 59.2 Å². The van der Waals surface area contributed by atoms with Crippen LogP contribution in [0.5, 0.6) is 0 Å². The van der Waals surface area contributed by atoms with Crippen molar-refractivity contribution in [1.29, 1.82) is 0 Å². The van der Waals surface area contributed by atoms with E-state index in [1.807, 2.05) is 32.9 Å². The molecule has 0 aliphatic carbocycles. The third-order valence-electron chi connectivity index (χ3n) is 4.02. The maximum absolute atomic E-state index is 12.1. The number of ether oxygens (including phenoxy) is 1. The molecule has 0 heterocycles. The van der Waals surface area contributed by atoms with Crippen LogP contribution in [-0.2, 0) is 14.8 Å². The molecule has 2 rings (SSSR count). The molecule has 0 spiro atoms. The molecular weight excluding hydrogens is 352 g/mol. The lowest BCUT2D eigenvalue weighted by molar-refractivity contribution is 0.160. The quantitative estimate of drug-likeness (QED) is 0.724. The molecule has 0 radical (unpaired) electrons. The van der Waals surface area contributed by atoms with Crippen molar-refractivity contribution in [2.45, 2.75) is 32.1 Å². The molecule has 0 aliphatic heterocycles. The maximum Gasteiger partial charge on any atom is 0.411 e. The van der Waals surface area contributed by atoms with E-state index in [-0.39, 0.29) is 18.0 Å². The van der Waals surface area contributed by atoms with Gasteiger partial charge in [-0.15, -0.1) is 0 Å². The minimum absolute atomic E-state index is 0.118. The predicted molar refractivity (Wildman–Crippen MR) is 102 cm³/mol. The van der Waals surface area contributed by atoms with Crippen molar-refractivity contribution < 1.29 is 17.9 Å². The van der Waals surface area contributed by atoms with Gasteiger partial charge in [-0.05, 0) is 56.5 Å². The fourth-order valence-electron chi connectivity index (χ4n) is 2.28. The zero-order chi connectivity index (χ0) is 19.2. The molecule has 0 bridgehead atoms. The van der Waals surface area contributed by atoms with Crippen molar-refractivity contribution in [3.8, 4) is 0 Å². The Bertz CT molecular complexity index is 862. The number of benzene rings is 2. The molecule has 0 aromatic heterocycles. The van der Waals surface area contributed by atoms with E-state index >= 15 is 0 Å². The molecule has 2 aromatic carbocycles. The Morgan fingerprint density at radius 3 is 2.42 bits per heavy atom. The number of hydrogen-bond donors (Lipinski definition) is 2. The summed E-state index contributed by atoms with van der Waals surface area (Å²) in [6.45, 7) is 6.08. The van der Waals surface area contributed by atoms with Crippen molar-refractivity contribution in [3.63, 3.8) is 0 Å². The molecule has 0 saturated heterocycles. The van der Waals surface area contributed by atoms with Crippen LogP contribution in [0, 0.1) is 20.8 Å². The lowest BCUT2D eigenvalue weighted by Gasteiger charge is -2.11. The standard InChI is InChI=1S/C19H24N2O4S/c1-14-8-10-17(11-9-14)26(23,24)20-12-5-13-25-19(22)21-18-7-4-6-15(2)16(18)3/h4,6-11,20H,5,12-13H2,1-3H3,(H,21,22). The van der Waals surface area contributed by atoms with Crippen LogP contribution in [0.3, 0.4) is 0 Å². The highest BCUT2D eigenvalue weighted by Crippen LogP contribution is 2.18. The summed E-state index contributed by atoms with van der Waals surface area (Å²) in [5, 5.41) is 2.69. The van der Waals surface area contributed by atoms with E-state index < -0.39 is 16.1 Å². The first-order valence-electron chi connectivity index (χ1n) is 8.36. The van der Waals surface area contributed by atoms with Gasteiger partial charge in [-0.2, -0.15) is 0 Å². The summed E-state index contributed by atoms with van der Waals surface area (Å²) in [5.74, 6) is 0. The molecule has 0 unspecified atom stereocenters. The van der Waals surface area contributed by atoms with Crippen LogP contribution in [-0.4, -0.2) is 27.7 Å². The summed E-state index contributed by atoms with van der Waals surface area (Å²) in [6, 6.07) is 12.2. The molecule has 2 aromatic rings. The molecule has 26 heavy (non-hydrogen) atoms. The minimum atomic E-state index is -3.54. The zero-order valence-electron chi connectivity index (χ0n) is 15.2. The van der Waals surface area contributed by atoms with Gasteiger partial charge in [0.15, 0.2) is 0 Å². The van der Waals surface area contributed by atoms with E-state index in [0.717, 1.165) is 16.7 Å². The average Bonchev–Trinajstić information content (AvgIpc) is 2.59. The number of carbonyl (C=O) groups is 1. The number of anilines is 1. The number of carbonyl (C=O) groups excluding carboxylic acids is 1. The van der Waals surface area contributed by atoms with E-state index in [4.69, 9.17) is 4.74 Å². The number of nitrogens with one attached hydrogen (secondary N) is 2. The fourth-order valence-corrected chi connectivity index (χ4v) is 3.35. The highest BCUT2D eigenvalue weighted by molar-refractivity contribution is 7.89. The Balaban J connectivity index is 1.74. The van der Waals surface area contributed by atoms with Gasteiger partial charge in [-0.1, -0.05) is 29.8 Å². The Morgan fingerprint density at radius 2 is 1.73 bits per heavy atom. The second-order valence-electron chi connectivity index (χ2n) is 6.07. The molecule has 2 N–H and O–H groups in total. The first kappa shape index (κ1) is 19.9. The van der Waals surface area contributed by atoms with E-state index in [1.165, 1.54) is 0 Å². The highest BCUT2D eigenvalue weighted by atomic mass is 32.2. The second-order valence-corrected chi connectivity index (χ2v) is 7.84. The van der Waals surface area contributed by atoms with Crippen LogP contribution in [0.15, 0.2) is 47.4 Å². The summed E-state index contributed by atoms with van der Waals surface area (Å²) in [4.78, 5) is 12.0. The van der Waals surface area contributed by atoms with Gasteiger partial charge in [0.25, 0.3) is 0 Å². The smallest absolute Gasteiger partial charge is 0.411 e. The van der Waals surface area contributed by atoms with Crippen molar-refractivity contribution in [2.24, 2.45) is 0 Å². The van der Waals surface area contributed by atoms with Crippen LogP contribution in [0.4, 0.5) is 10.5 Å². The number of hydrogen-bond acceptors (Lipinski definition) is 4. The summed E-state index contributed by atoms with van der Waals surface area (Å²) < 4.78 is 31.8. The van der Waals surface area contributed by atoms with Crippen LogP contribution in [0.2, 0.25) is 0 Å². The highest BCUT2D eigenvalue weighted by Gasteiger charge is 2.13. The van der Waals surface area contributed by atoms with Crippen LogP contribution in [0.1, 0.15) is 23.1 Å². The third-order valence-corrected chi connectivity index (χ3v) is 5.50. The molecule has 0 fully saturated rings. The Morgan fingerprint density at radius 1 is 1.04 bits per heavy atom. The largest absolute Gasteiger partial charge is 0.449 e. The number of amides is 1.